The van der Waals surface area contributed by atoms with Gasteiger partial charge in [-0.15, -0.1) is 6.42 Å². The molecule has 0 saturated heterocycles. The number of terminal acetylenes is 1. The Labute approximate surface area is 75.8 Å². The maximum Gasteiger partial charge on any atom is 0.149 e. The Bertz CT molecular complexity index is 343. The second-order valence-corrected chi connectivity index (χ2v) is 3.25. The molecule has 0 atom stereocenters. The van der Waals surface area contributed by atoms with E-state index in [9.17, 15) is 8.78 Å². The van der Waals surface area contributed by atoms with E-state index in [1.165, 1.54) is 0 Å². The number of pyridine rings is 1. The monoisotopic (exact) mass is 181 g/mol. The van der Waals surface area contributed by atoms with E-state index in [0.717, 1.165) is 12.4 Å². The number of rotatable bonds is 1. The van der Waals surface area contributed by atoms with Gasteiger partial charge in [0.2, 0.25) is 0 Å². The second kappa shape index (κ2) is 3.14. The summed E-state index contributed by atoms with van der Waals surface area (Å²) in [4.78, 5) is 3.37. The lowest BCUT2D eigenvalue weighted by atomic mass is 9.85. The van der Waals surface area contributed by atoms with Crippen LogP contribution >= 0.6 is 0 Å². The molecular weight excluding hydrogens is 172 g/mol. The molecular formula is C10H9F2N. The van der Waals surface area contributed by atoms with Crippen molar-refractivity contribution in [2.75, 3.05) is 0 Å². The maximum absolute atomic E-state index is 13.1. The van der Waals surface area contributed by atoms with Crippen LogP contribution in [0.25, 0.3) is 0 Å². The van der Waals surface area contributed by atoms with E-state index in [0.29, 0.717) is 0 Å². The van der Waals surface area contributed by atoms with E-state index in [2.05, 4.69) is 10.9 Å². The van der Waals surface area contributed by atoms with Gasteiger partial charge >= 0.3 is 0 Å². The smallest absolute Gasteiger partial charge is 0.149 e. The quantitative estimate of drug-likeness (QED) is 0.605. The predicted octanol–water partition coefficient (Wildman–Crippen LogP) is 2.27. The molecule has 0 unspecified atom stereocenters. The SMILES string of the molecule is C#CC(C)(C)c1c(F)cncc1F. The van der Waals surface area contributed by atoms with E-state index in [4.69, 9.17) is 6.42 Å². The van der Waals surface area contributed by atoms with Crippen molar-refractivity contribution in [1.82, 2.24) is 4.98 Å². The highest BCUT2D eigenvalue weighted by Gasteiger charge is 2.25. The average molecular weight is 181 g/mol. The third-order valence-electron chi connectivity index (χ3n) is 1.84. The van der Waals surface area contributed by atoms with Crippen LogP contribution < -0.4 is 0 Å². The van der Waals surface area contributed by atoms with E-state index in [-0.39, 0.29) is 5.56 Å². The lowest BCUT2D eigenvalue weighted by Crippen LogP contribution is -2.18. The van der Waals surface area contributed by atoms with Crippen molar-refractivity contribution >= 4 is 0 Å². The lowest BCUT2D eigenvalue weighted by Gasteiger charge is -2.18. The Morgan fingerprint density at radius 3 is 2.15 bits per heavy atom. The molecule has 0 fully saturated rings. The summed E-state index contributed by atoms with van der Waals surface area (Å²) in [6.07, 6.45) is 7.08. The maximum atomic E-state index is 13.1. The van der Waals surface area contributed by atoms with Crippen molar-refractivity contribution in [2.24, 2.45) is 0 Å². The first kappa shape index (κ1) is 9.66. The molecule has 0 radical (unpaired) electrons. The Balaban J connectivity index is 3.38. The number of aromatic nitrogens is 1. The Kier molecular flexibility index (Phi) is 2.33. The highest BCUT2D eigenvalue weighted by molar-refractivity contribution is 5.32. The zero-order valence-corrected chi connectivity index (χ0v) is 7.44. The fourth-order valence-electron chi connectivity index (χ4n) is 1.08. The number of nitrogens with zero attached hydrogens (tertiary/aromatic N) is 1. The highest BCUT2D eigenvalue weighted by atomic mass is 19.1. The minimum Gasteiger partial charge on any atom is -0.259 e. The summed E-state index contributed by atoms with van der Waals surface area (Å²) in [6.45, 7) is 3.16. The molecule has 0 bridgehead atoms. The first-order chi connectivity index (χ1) is 5.99. The van der Waals surface area contributed by atoms with Crippen molar-refractivity contribution in [2.45, 2.75) is 19.3 Å². The van der Waals surface area contributed by atoms with Gasteiger partial charge in [-0.05, 0) is 13.8 Å². The van der Waals surface area contributed by atoms with E-state index < -0.39 is 17.0 Å². The van der Waals surface area contributed by atoms with Gasteiger partial charge in [-0.25, -0.2) is 8.78 Å². The van der Waals surface area contributed by atoms with Gasteiger partial charge < -0.3 is 0 Å². The molecule has 13 heavy (non-hydrogen) atoms. The Morgan fingerprint density at radius 1 is 1.31 bits per heavy atom. The van der Waals surface area contributed by atoms with Crippen LogP contribution in [0, 0.1) is 24.0 Å². The molecule has 1 rings (SSSR count). The zero-order chi connectivity index (χ0) is 10.1. The zero-order valence-electron chi connectivity index (χ0n) is 7.44. The molecule has 1 aromatic rings. The summed E-state index contributed by atoms with van der Waals surface area (Å²) in [5, 5.41) is 0. The topological polar surface area (TPSA) is 12.9 Å². The molecule has 1 heterocycles. The summed E-state index contributed by atoms with van der Waals surface area (Å²) in [7, 11) is 0. The molecule has 0 aliphatic heterocycles. The Hall–Kier alpha value is -1.43. The van der Waals surface area contributed by atoms with Gasteiger partial charge in [0.1, 0.15) is 11.6 Å². The van der Waals surface area contributed by atoms with Gasteiger partial charge in [-0.3, -0.25) is 4.98 Å². The van der Waals surface area contributed by atoms with Crippen LogP contribution in [0.15, 0.2) is 12.4 Å². The van der Waals surface area contributed by atoms with Gasteiger partial charge in [0.25, 0.3) is 0 Å². The summed E-state index contributed by atoms with van der Waals surface area (Å²) in [6, 6.07) is 0. The molecule has 0 amide bonds. The number of halogens is 2. The summed E-state index contributed by atoms with van der Waals surface area (Å²) in [5.74, 6) is 0.920. The summed E-state index contributed by atoms with van der Waals surface area (Å²) >= 11 is 0. The van der Waals surface area contributed by atoms with E-state index >= 15 is 0 Å². The molecule has 0 aromatic carbocycles. The van der Waals surface area contributed by atoms with Crippen molar-refractivity contribution in [3.8, 4) is 12.3 Å². The van der Waals surface area contributed by atoms with Gasteiger partial charge in [0.15, 0.2) is 0 Å². The fraction of sp³-hybridized carbons (Fsp3) is 0.300. The first-order valence-electron chi connectivity index (χ1n) is 3.76. The summed E-state index contributed by atoms with van der Waals surface area (Å²) in [5.41, 5.74) is -1.05. The number of hydrogen-bond acceptors (Lipinski definition) is 1. The predicted molar refractivity (Wildman–Crippen MR) is 46.0 cm³/mol. The molecule has 0 spiro atoms. The third-order valence-corrected chi connectivity index (χ3v) is 1.84. The van der Waals surface area contributed by atoms with Gasteiger partial charge in [-0.2, -0.15) is 0 Å². The van der Waals surface area contributed by atoms with Crippen molar-refractivity contribution in [3.05, 3.63) is 29.6 Å². The van der Waals surface area contributed by atoms with Crippen LogP contribution in [0.5, 0.6) is 0 Å². The molecule has 3 heteroatoms. The molecule has 1 aromatic heterocycles. The van der Waals surface area contributed by atoms with Crippen LogP contribution in [0.3, 0.4) is 0 Å². The molecule has 0 saturated carbocycles. The molecule has 0 aliphatic carbocycles. The van der Waals surface area contributed by atoms with Crippen LogP contribution in [-0.2, 0) is 5.41 Å². The molecule has 0 N–H and O–H groups in total. The minimum absolute atomic E-state index is 0.106. The van der Waals surface area contributed by atoms with E-state index in [1.807, 2.05) is 0 Å². The fourth-order valence-corrected chi connectivity index (χ4v) is 1.08. The highest BCUT2D eigenvalue weighted by Crippen LogP contribution is 2.26. The van der Waals surface area contributed by atoms with Crippen molar-refractivity contribution in [1.29, 1.82) is 0 Å². The minimum atomic E-state index is -0.947. The lowest BCUT2D eigenvalue weighted by molar-refractivity contribution is 0.504. The number of hydrogen-bond donors (Lipinski definition) is 0. The van der Waals surface area contributed by atoms with Gasteiger partial charge in [0.05, 0.1) is 17.8 Å². The molecule has 1 nitrogen and oxygen atoms in total. The van der Waals surface area contributed by atoms with Crippen LogP contribution in [0.1, 0.15) is 19.4 Å². The Morgan fingerprint density at radius 2 is 1.77 bits per heavy atom. The van der Waals surface area contributed by atoms with Crippen LogP contribution in [-0.4, -0.2) is 4.98 Å². The van der Waals surface area contributed by atoms with Gasteiger partial charge in [-0.1, -0.05) is 5.92 Å². The standard InChI is InChI=1S/C10H9F2N/c1-4-10(2,3)9-7(11)5-13-6-8(9)12/h1,5-6H,2-3H3. The average Bonchev–Trinajstić information content (AvgIpc) is 2.03. The summed E-state index contributed by atoms with van der Waals surface area (Å²) < 4.78 is 26.3. The second-order valence-electron chi connectivity index (χ2n) is 3.25. The van der Waals surface area contributed by atoms with Gasteiger partial charge in [0, 0.05) is 5.56 Å². The van der Waals surface area contributed by atoms with Crippen molar-refractivity contribution in [3.63, 3.8) is 0 Å². The third kappa shape index (κ3) is 1.67. The molecule has 0 aliphatic rings. The normalized spacial score (nSPS) is 11.0. The van der Waals surface area contributed by atoms with Crippen molar-refractivity contribution < 1.29 is 8.78 Å². The van der Waals surface area contributed by atoms with E-state index in [1.54, 1.807) is 13.8 Å². The van der Waals surface area contributed by atoms with Crippen LogP contribution in [0.4, 0.5) is 8.78 Å². The van der Waals surface area contributed by atoms with Crippen LogP contribution in [0.2, 0.25) is 0 Å². The molecule has 68 valence electrons. The first-order valence-corrected chi connectivity index (χ1v) is 3.76. The largest absolute Gasteiger partial charge is 0.259 e.